The highest BCUT2D eigenvalue weighted by Crippen LogP contribution is 2.43. The molecule has 2 aromatic heterocycles. The molecule has 5 rings (SSSR count). The van der Waals surface area contributed by atoms with Crippen LogP contribution in [-0.2, 0) is 27.1 Å². The van der Waals surface area contributed by atoms with Crippen LogP contribution in [0.15, 0.2) is 33.9 Å². The fraction of sp³-hybridized carbons (Fsp3) is 0.409. The zero-order valence-corrected chi connectivity index (χ0v) is 16.9. The first-order chi connectivity index (χ1) is 13.9. The molecule has 0 saturated carbocycles. The van der Waals surface area contributed by atoms with E-state index in [2.05, 4.69) is 29.7 Å². The van der Waals surface area contributed by atoms with E-state index in [-0.39, 0.29) is 17.6 Å². The standard InChI is InChI=1S/C22H24N4O3/c1-13-7-8-16-15(11-13)14-5-4-6-17-20(14)25(16)9-10-26(17)21(28)18-12-19(27)24(3)22(29)23(18)2/h7-8,11-12,17H,4-6,9-10H2,1-3H3. The number of aromatic nitrogens is 3. The van der Waals surface area contributed by atoms with Crippen molar-refractivity contribution in [3.63, 3.8) is 0 Å². The Kier molecular flexibility index (Phi) is 3.84. The largest absolute Gasteiger partial charge is 0.341 e. The molecule has 1 unspecified atom stereocenters. The molecule has 0 spiro atoms. The summed E-state index contributed by atoms with van der Waals surface area (Å²) in [5.74, 6) is -0.243. The van der Waals surface area contributed by atoms with Gasteiger partial charge in [0, 0.05) is 49.8 Å². The lowest BCUT2D eigenvalue weighted by Crippen LogP contribution is -2.47. The van der Waals surface area contributed by atoms with E-state index in [1.54, 1.807) is 7.05 Å². The third-order valence-electron chi connectivity index (χ3n) is 6.53. The van der Waals surface area contributed by atoms with Crippen molar-refractivity contribution < 1.29 is 4.79 Å². The summed E-state index contributed by atoms with van der Waals surface area (Å²) in [6.07, 6.45) is 2.93. The number of nitrogens with zero attached hydrogens (tertiary/aromatic N) is 4. The quantitative estimate of drug-likeness (QED) is 0.635. The summed E-state index contributed by atoms with van der Waals surface area (Å²) in [5.41, 5.74) is 4.27. The number of amides is 1. The van der Waals surface area contributed by atoms with Crippen molar-refractivity contribution in [1.29, 1.82) is 0 Å². The average Bonchev–Trinajstić information content (AvgIpc) is 3.04. The van der Waals surface area contributed by atoms with Gasteiger partial charge in [0.2, 0.25) is 0 Å². The molecule has 29 heavy (non-hydrogen) atoms. The molecule has 150 valence electrons. The number of hydrogen-bond donors (Lipinski definition) is 0. The van der Waals surface area contributed by atoms with Gasteiger partial charge < -0.3 is 9.47 Å². The lowest BCUT2D eigenvalue weighted by molar-refractivity contribution is 0.0589. The minimum Gasteiger partial charge on any atom is -0.341 e. The number of carbonyl (C=O) groups is 1. The van der Waals surface area contributed by atoms with Crippen LogP contribution >= 0.6 is 0 Å². The van der Waals surface area contributed by atoms with Gasteiger partial charge in [-0.25, -0.2) is 4.79 Å². The number of hydrogen-bond acceptors (Lipinski definition) is 3. The molecule has 1 aromatic carbocycles. The smallest absolute Gasteiger partial charge is 0.331 e. The van der Waals surface area contributed by atoms with Crippen LogP contribution < -0.4 is 11.2 Å². The van der Waals surface area contributed by atoms with Crippen LogP contribution in [0.5, 0.6) is 0 Å². The molecule has 0 bridgehead atoms. The molecule has 0 fully saturated rings. The maximum Gasteiger partial charge on any atom is 0.331 e. The van der Waals surface area contributed by atoms with Gasteiger partial charge in [0.15, 0.2) is 0 Å². The molecule has 0 radical (unpaired) electrons. The molecule has 0 N–H and O–H groups in total. The Balaban J connectivity index is 1.64. The Morgan fingerprint density at radius 1 is 1.07 bits per heavy atom. The van der Waals surface area contributed by atoms with E-state index in [1.165, 1.54) is 45.4 Å². The molecule has 1 aliphatic heterocycles. The molecule has 2 aliphatic rings. The second-order valence-electron chi connectivity index (χ2n) is 8.21. The maximum absolute atomic E-state index is 13.4. The summed E-state index contributed by atoms with van der Waals surface area (Å²) >= 11 is 0. The molecule has 1 atom stereocenters. The molecule has 7 heteroatoms. The first-order valence-corrected chi connectivity index (χ1v) is 10.1. The van der Waals surface area contributed by atoms with Crippen LogP contribution in [0, 0.1) is 6.92 Å². The van der Waals surface area contributed by atoms with E-state index < -0.39 is 11.2 Å². The molecular formula is C22H24N4O3. The third-order valence-corrected chi connectivity index (χ3v) is 6.53. The van der Waals surface area contributed by atoms with Gasteiger partial charge >= 0.3 is 5.69 Å². The van der Waals surface area contributed by atoms with Crippen molar-refractivity contribution in [3.05, 3.63) is 67.6 Å². The highest BCUT2D eigenvalue weighted by atomic mass is 16.2. The molecule has 7 nitrogen and oxygen atoms in total. The summed E-state index contributed by atoms with van der Waals surface area (Å²) in [6, 6.07) is 7.82. The number of rotatable bonds is 1. The fourth-order valence-electron chi connectivity index (χ4n) is 5.05. The van der Waals surface area contributed by atoms with Crippen LogP contribution in [0.2, 0.25) is 0 Å². The monoisotopic (exact) mass is 392 g/mol. The molecule has 1 amide bonds. The van der Waals surface area contributed by atoms with Crippen LogP contribution in [0.1, 0.15) is 46.2 Å². The van der Waals surface area contributed by atoms with Crippen molar-refractivity contribution in [1.82, 2.24) is 18.6 Å². The van der Waals surface area contributed by atoms with Crippen molar-refractivity contribution in [2.75, 3.05) is 6.54 Å². The van der Waals surface area contributed by atoms with Gasteiger partial charge in [-0.3, -0.25) is 18.7 Å². The summed E-state index contributed by atoms with van der Waals surface area (Å²) in [7, 11) is 2.97. The second-order valence-corrected chi connectivity index (χ2v) is 8.21. The van der Waals surface area contributed by atoms with E-state index in [1.807, 2.05) is 4.90 Å². The third kappa shape index (κ3) is 2.46. The number of benzene rings is 1. The Labute approximate surface area is 167 Å². The van der Waals surface area contributed by atoms with E-state index in [9.17, 15) is 14.4 Å². The fourth-order valence-corrected chi connectivity index (χ4v) is 5.05. The number of carbonyl (C=O) groups excluding carboxylic acids is 1. The summed E-state index contributed by atoms with van der Waals surface area (Å²) in [6.45, 7) is 3.39. The predicted molar refractivity (Wildman–Crippen MR) is 110 cm³/mol. The zero-order valence-electron chi connectivity index (χ0n) is 16.9. The first-order valence-electron chi connectivity index (χ1n) is 10.1. The van der Waals surface area contributed by atoms with Gasteiger partial charge in [-0.15, -0.1) is 0 Å². The van der Waals surface area contributed by atoms with Crippen molar-refractivity contribution in [2.24, 2.45) is 14.1 Å². The normalized spacial score (nSPS) is 18.2. The van der Waals surface area contributed by atoms with Gasteiger partial charge in [0.25, 0.3) is 11.5 Å². The molecule has 1 aliphatic carbocycles. The Bertz CT molecular complexity index is 1290. The Hall–Kier alpha value is -3.09. The van der Waals surface area contributed by atoms with E-state index in [0.717, 1.165) is 30.4 Å². The first kappa shape index (κ1) is 18.0. The van der Waals surface area contributed by atoms with E-state index in [4.69, 9.17) is 0 Å². The van der Waals surface area contributed by atoms with Crippen LogP contribution in [0.3, 0.4) is 0 Å². The highest BCUT2D eigenvalue weighted by Gasteiger charge is 2.38. The Morgan fingerprint density at radius 2 is 1.86 bits per heavy atom. The predicted octanol–water partition coefficient (Wildman–Crippen LogP) is 1.88. The molecule has 3 aromatic rings. The number of aryl methyl sites for hydroxylation is 2. The van der Waals surface area contributed by atoms with E-state index >= 15 is 0 Å². The number of fused-ring (bicyclic) bond motifs is 3. The summed E-state index contributed by atoms with van der Waals surface area (Å²) in [4.78, 5) is 39.7. The van der Waals surface area contributed by atoms with Crippen molar-refractivity contribution in [2.45, 2.75) is 38.8 Å². The van der Waals surface area contributed by atoms with Gasteiger partial charge in [0.1, 0.15) is 5.69 Å². The highest BCUT2D eigenvalue weighted by molar-refractivity contribution is 5.93. The maximum atomic E-state index is 13.4. The van der Waals surface area contributed by atoms with E-state index in [0.29, 0.717) is 6.54 Å². The Morgan fingerprint density at radius 3 is 2.66 bits per heavy atom. The van der Waals surface area contributed by atoms with Crippen LogP contribution in [0.4, 0.5) is 0 Å². The minimum absolute atomic E-state index is 0.0214. The minimum atomic E-state index is -0.480. The average molecular weight is 392 g/mol. The SMILES string of the molecule is Cc1ccc2c(c1)c1c3n2CCN(C(=O)c2cc(=O)n(C)c(=O)n2C)C3CCC1. The van der Waals surface area contributed by atoms with Gasteiger partial charge in [-0.2, -0.15) is 0 Å². The van der Waals surface area contributed by atoms with Crippen LogP contribution in [-0.4, -0.2) is 31.1 Å². The van der Waals surface area contributed by atoms with Crippen molar-refractivity contribution >= 4 is 16.8 Å². The second kappa shape index (κ2) is 6.20. The lowest BCUT2D eigenvalue weighted by atomic mass is 9.89. The summed E-state index contributed by atoms with van der Waals surface area (Å²) < 4.78 is 4.66. The lowest BCUT2D eigenvalue weighted by Gasteiger charge is -2.40. The molecular weight excluding hydrogens is 368 g/mol. The van der Waals surface area contributed by atoms with Gasteiger partial charge in [-0.05, 0) is 43.9 Å². The van der Waals surface area contributed by atoms with Crippen molar-refractivity contribution in [3.8, 4) is 0 Å². The molecule has 0 saturated heterocycles. The topological polar surface area (TPSA) is 69.2 Å². The van der Waals surface area contributed by atoms with Gasteiger partial charge in [-0.1, -0.05) is 11.6 Å². The summed E-state index contributed by atoms with van der Waals surface area (Å²) in [5, 5.41) is 1.29. The zero-order chi connectivity index (χ0) is 20.4. The molecule has 3 heterocycles. The van der Waals surface area contributed by atoms with Crippen LogP contribution in [0.25, 0.3) is 10.9 Å². The van der Waals surface area contributed by atoms with Gasteiger partial charge in [0.05, 0.1) is 6.04 Å².